The van der Waals surface area contributed by atoms with Crippen LogP contribution in [0.5, 0.6) is 0 Å². The lowest BCUT2D eigenvalue weighted by molar-refractivity contribution is -0.142. The molecule has 0 aliphatic carbocycles. The third-order valence-electron chi connectivity index (χ3n) is 2.27. The van der Waals surface area contributed by atoms with E-state index >= 15 is 0 Å². The highest BCUT2D eigenvalue weighted by molar-refractivity contribution is 9.10. The Labute approximate surface area is 107 Å². The van der Waals surface area contributed by atoms with Gasteiger partial charge in [-0.25, -0.2) is 4.79 Å². The molecule has 0 saturated carbocycles. The second-order valence-electron chi connectivity index (χ2n) is 4.15. The molecule has 6 heteroatoms. The van der Waals surface area contributed by atoms with Crippen molar-refractivity contribution in [3.8, 4) is 0 Å². The summed E-state index contributed by atoms with van der Waals surface area (Å²) in [5, 5.41) is 0. The van der Waals surface area contributed by atoms with Crippen LogP contribution in [0, 0.1) is 0 Å². The highest BCUT2D eigenvalue weighted by atomic mass is 79.9. The molecule has 0 unspecified atom stereocenters. The number of rotatable bonds is 3. The molecule has 0 amide bonds. The minimum atomic E-state index is -0.609. The van der Waals surface area contributed by atoms with Crippen LogP contribution in [0.3, 0.4) is 0 Å². The standard InChI is InChI=1S/C11H13BrO5/c1-11(2)16-6-7(17-11)5-15-10(13)9-8(12)3-4-14-9/h3-4,7H,5-6H2,1-2H3/t7-/m1/s1. The summed E-state index contributed by atoms with van der Waals surface area (Å²) >= 11 is 3.19. The number of ether oxygens (including phenoxy) is 3. The van der Waals surface area contributed by atoms with Gasteiger partial charge in [-0.05, 0) is 35.8 Å². The molecule has 0 N–H and O–H groups in total. The minimum absolute atomic E-state index is 0.148. The first-order chi connectivity index (χ1) is 7.98. The molecule has 1 aromatic heterocycles. The Hall–Kier alpha value is -0.850. The Morgan fingerprint density at radius 2 is 2.41 bits per heavy atom. The van der Waals surface area contributed by atoms with E-state index in [0.717, 1.165) is 0 Å². The maximum atomic E-state index is 11.6. The van der Waals surface area contributed by atoms with Gasteiger partial charge in [0.25, 0.3) is 0 Å². The zero-order chi connectivity index (χ0) is 12.5. The summed E-state index contributed by atoms with van der Waals surface area (Å²) in [6.07, 6.45) is 1.18. The first kappa shape index (κ1) is 12.6. The Morgan fingerprint density at radius 1 is 1.65 bits per heavy atom. The second kappa shape index (κ2) is 4.80. The molecule has 1 aliphatic heterocycles. The molecule has 0 aromatic carbocycles. The van der Waals surface area contributed by atoms with Crippen molar-refractivity contribution in [2.45, 2.75) is 25.7 Å². The molecule has 2 rings (SSSR count). The number of hydrogen-bond acceptors (Lipinski definition) is 5. The first-order valence-corrected chi connectivity index (χ1v) is 5.99. The molecule has 1 saturated heterocycles. The third-order valence-corrected chi connectivity index (χ3v) is 2.89. The van der Waals surface area contributed by atoms with Gasteiger partial charge in [-0.3, -0.25) is 0 Å². The highest BCUT2D eigenvalue weighted by Gasteiger charge is 2.33. The average molecular weight is 305 g/mol. The monoisotopic (exact) mass is 304 g/mol. The first-order valence-electron chi connectivity index (χ1n) is 5.20. The fourth-order valence-electron chi connectivity index (χ4n) is 1.52. The SMILES string of the molecule is CC1(C)OC[C@@H](COC(=O)c2occc2Br)O1. The molecule has 1 atom stereocenters. The summed E-state index contributed by atoms with van der Waals surface area (Å²) in [5.41, 5.74) is 0. The quantitative estimate of drug-likeness (QED) is 0.802. The zero-order valence-electron chi connectivity index (χ0n) is 9.57. The third kappa shape index (κ3) is 3.08. The molecule has 1 aliphatic rings. The van der Waals surface area contributed by atoms with Gasteiger partial charge in [-0.2, -0.15) is 0 Å². The molecule has 1 fully saturated rings. The summed E-state index contributed by atoms with van der Waals surface area (Å²) in [6, 6.07) is 1.63. The maximum absolute atomic E-state index is 11.6. The fraction of sp³-hybridized carbons (Fsp3) is 0.545. The van der Waals surface area contributed by atoms with Crippen LogP contribution >= 0.6 is 15.9 Å². The topological polar surface area (TPSA) is 57.9 Å². The van der Waals surface area contributed by atoms with Gasteiger partial charge in [0, 0.05) is 0 Å². The van der Waals surface area contributed by atoms with Crippen LogP contribution in [-0.2, 0) is 14.2 Å². The van der Waals surface area contributed by atoms with Gasteiger partial charge in [0.15, 0.2) is 5.79 Å². The summed E-state index contributed by atoms with van der Waals surface area (Å²) < 4.78 is 21.5. The lowest BCUT2D eigenvalue weighted by Gasteiger charge is -2.16. The van der Waals surface area contributed by atoms with Crippen LogP contribution in [0.4, 0.5) is 0 Å². The molecule has 17 heavy (non-hydrogen) atoms. The van der Waals surface area contributed by atoms with Crippen molar-refractivity contribution < 1.29 is 23.4 Å². The summed E-state index contributed by atoms with van der Waals surface area (Å²) in [5.74, 6) is -0.971. The van der Waals surface area contributed by atoms with Gasteiger partial charge in [0.1, 0.15) is 12.7 Å². The van der Waals surface area contributed by atoms with E-state index in [1.807, 2.05) is 13.8 Å². The van der Waals surface area contributed by atoms with Crippen LogP contribution in [0.25, 0.3) is 0 Å². The zero-order valence-corrected chi connectivity index (χ0v) is 11.2. The lowest BCUT2D eigenvalue weighted by Crippen LogP contribution is -2.25. The average Bonchev–Trinajstić information content (AvgIpc) is 2.81. The van der Waals surface area contributed by atoms with Crippen molar-refractivity contribution in [2.24, 2.45) is 0 Å². The van der Waals surface area contributed by atoms with Crippen molar-refractivity contribution in [3.63, 3.8) is 0 Å². The number of hydrogen-bond donors (Lipinski definition) is 0. The molecular weight excluding hydrogens is 292 g/mol. The Kier molecular flexibility index (Phi) is 3.56. The predicted molar refractivity (Wildman–Crippen MR) is 61.6 cm³/mol. The highest BCUT2D eigenvalue weighted by Crippen LogP contribution is 2.23. The van der Waals surface area contributed by atoms with Crippen molar-refractivity contribution in [2.75, 3.05) is 13.2 Å². The number of furan rings is 1. The summed E-state index contributed by atoms with van der Waals surface area (Å²) in [4.78, 5) is 11.6. The number of carbonyl (C=O) groups is 1. The smallest absolute Gasteiger partial charge is 0.375 e. The van der Waals surface area contributed by atoms with E-state index in [9.17, 15) is 4.79 Å². The molecule has 94 valence electrons. The van der Waals surface area contributed by atoms with Gasteiger partial charge < -0.3 is 18.6 Å². The van der Waals surface area contributed by atoms with E-state index in [0.29, 0.717) is 11.1 Å². The van der Waals surface area contributed by atoms with Gasteiger partial charge in [0.2, 0.25) is 5.76 Å². The van der Waals surface area contributed by atoms with Crippen LogP contribution in [0.1, 0.15) is 24.4 Å². The summed E-state index contributed by atoms with van der Waals surface area (Å²) in [7, 11) is 0. The van der Waals surface area contributed by atoms with Crippen molar-refractivity contribution in [3.05, 3.63) is 22.6 Å². The number of esters is 1. The van der Waals surface area contributed by atoms with E-state index < -0.39 is 11.8 Å². The van der Waals surface area contributed by atoms with E-state index in [4.69, 9.17) is 18.6 Å². The van der Waals surface area contributed by atoms with Crippen LogP contribution in [-0.4, -0.2) is 31.1 Å². The van der Waals surface area contributed by atoms with E-state index in [-0.39, 0.29) is 18.5 Å². The maximum Gasteiger partial charge on any atom is 0.375 e. The normalized spacial score (nSPS) is 22.6. The Morgan fingerprint density at radius 3 is 2.94 bits per heavy atom. The summed E-state index contributed by atoms with van der Waals surface area (Å²) in [6.45, 7) is 4.20. The van der Waals surface area contributed by atoms with Crippen molar-refractivity contribution in [1.29, 1.82) is 0 Å². The molecule has 0 spiro atoms. The molecule has 2 heterocycles. The van der Waals surface area contributed by atoms with Gasteiger partial charge >= 0.3 is 5.97 Å². The Bertz CT molecular complexity index is 412. The van der Waals surface area contributed by atoms with E-state index in [1.54, 1.807) is 6.07 Å². The minimum Gasteiger partial charge on any atom is -0.457 e. The van der Waals surface area contributed by atoms with Crippen molar-refractivity contribution in [1.82, 2.24) is 0 Å². The second-order valence-corrected chi connectivity index (χ2v) is 5.00. The van der Waals surface area contributed by atoms with Gasteiger partial charge in [-0.1, -0.05) is 0 Å². The largest absolute Gasteiger partial charge is 0.457 e. The van der Waals surface area contributed by atoms with Gasteiger partial charge in [-0.15, -0.1) is 0 Å². The van der Waals surface area contributed by atoms with Crippen LogP contribution < -0.4 is 0 Å². The van der Waals surface area contributed by atoms with Crippen molar-refractivity contribution >= 4 is 21.9 Å². The number of halogens is 1. The molecular formula is C11H13BrO5. The lowest BCUT2D eigenvalue weighted by atomic mass is 10.4. The Balaban J connectivity index is 1.84. The van der Waals surface area contributed by atoms with Crippen LogP contribution in [0.2, 0.25) is 0 Å². The molecule has 0 bridgehead atoms. The molecule has 0 radical (unpaired) electrons. The fourth-order valence-corrected chi connectivity index (χ4v) is 1.88. The van der Waals surface area contributed by atoms with Crippen LogP contribution in [0.15, 0.2) is 21.2 Å². The molecule has 1 aromatic rings. The van der Waals surface area contributed by atoms with Gasteiger partial charge in [0.05, 0.1) is 17.3 Å². The van der Waals surface area contributed by atoms with E-state index in [2.05, 4.69) is 15.9 Å². The predicted octanol–water partition coefficient (Wildman–Crippen LogP) is 2.35. The number of carbonyl (C=O) groups excluding carboxylic acids is 1. The van der Waals surface area contributed by atoms with E-state index in [1.165, 1.54) is 6.26 Å². The molecule has 5 nitrogen and oxygen atoms in total.